The molecular formula is C13H14N2OS. The van der Waals surface area contributed by atoms with E-state index in [0.717, 1.165) is 17.0 Å². The molecule has 2 aromatic heterocycles. The molecule has 0 unspecified atom stereocenters. The van der Waals surface area contributed by atoms with Crippen LogP contribution in [0, 0.1) is 0 Å². The monoisotopic (exact) mass is 246 g/mol. The molecule has 0 atom stereocenters. The molecule has 4 heteroatoms. The summed E-state index contributed by atoms with van der Waals surface area (Å²) < 4.78 is 0. The van der Waals surface area contributed by atoms with E-state index in [0.29, 0.717) is 12.1 Å². The first kappa shape index (κ1) is 11.8. The average molecular weight is 246 g/mol. The van der Waals surface area contributed by atoms with E-state index >= 15 is 0 Å². The van der Waals surface area contributed by atoms with Crippen LogP contribution < -0.4 is 5.32 Å². The Hall–Kier alpha value is -1.68. The van der Waals surface area contributed by atoms with Crippen molar-refractivity contribution in [2.24, 2.45) is 0 Å². The van der Waals surface area contributed by atoms with Crippen LogP contribution in [0.2, 0.25) is 0 Å². The molecule has 0 aliphatic heterocycles. The van der Waals surface area contributed by atoms with Gasteiger partial charge in [-0.05, 0) is 30.0 Å². The van der Waals surface area contributed by atoms with Crippen molar-refractivity contribution in [3.8, 4) is 10.6 Å². The van der Waals surface area contributed by atoms with Crippen molar-refractivity contribution >= 4 is 17.2 Å². The van der Waals surface area contributed by atoms with Gasteiger partial charge in [-0.2, -0.15) is 0 Å². The molecule has 88 valence electrons. The molecule has 2 heterocycles. The molecule has 17 heavy (non-hydrogen) atoms. The first-order valence-electron chi connectivity index (χ1n) is 5.59. The van der Waals surface area contributed by atoms with Crippen molar-refractivity contribution < 1.29 is 4.79 Å². The van der Waals surface area contributed by atoms with Crippen molar-refractivity contribution in [2.45, 2.75) is 13.3 Å². The summed E-state index contributed by atoms with van der Waals surface area (Å²) in [7, 11) is 0. The summed E-state index contributed by atoms with van der Waals surface area (Å²) in [5.74, 6) is -0.0583. The summed E-state index contributed by atoms with van der Waals surface area (Å²) in [4.78, 5) is 17.1. The maximum absolute atomic E-state index is 11.7. The highest BCUT2D eigenvalue weighted by Gasteiger charge is 2.06. The van der Waals surface area contributed by atoms with E-state index < -0.39 is 0 Å². The third kappa shape index (κ3) is 2.91. The Morgan fingerprint density at radius 3 is 2.88 bits per heavy atom. The number of carbonyl (C=O) groups is 1. The first-order valence-corrected chi connectivity index (χ1v) is 6.47. The minimum atomic E-state index is -0.0583. The Morgan fingerprint density at radius 1 is 1.41 bits per heavy atom. The topological polar surface area (TPSA) is 42.0 Å². The molecule has 0 saturated carbocycles. The zero-order valence-corrected chi connectivity index (χ0v) is 10.5. The van der Waals surface area contributed by atoms with Gasteiger partial charge in [0.05, 0.1) is 16.1 Å². The van der Waals surface area contributed by atoms with Crippen LogP contribution >= 0.6 is 11.3 Å². The molecule has 0 aliphatic rings. The minimum Gasteiger partial charge on any atom is -0.352 e. The Bertz CT molecular complexity index is 477. The van der Waals surface area contributed by atoms with Gasteiger partial charge in [-0.25, -0.2) is 0 Å². The highest BCUT2D eigenvalue weighted by Crippen LogP contribution is 2.22. The predicted molar refractivity (Wildman–Crippen MR) is 70.2 cm³/mol. The van der Waals surface area contributed by atoms with Crippen molar-refractivity contribution in [2.75, 3.05) is 6.54 Å². The number of carbonyl (C=O) groups excluding carboxylic acids is 1. The third-order valence-electron chi connectivity index (χ3n) is 2.33. The maximum atomic E-state index is 11.7. The lowest BCUT2D eigenvalue weighted by atomic mass is 10.2. The number of hydrogen-bond donors (Lipinski definition) is 1. The van der Waals surface area contributed by atoms with Crippen molar-refractivity contribution in [1.82, 2.24) is 10.3 Å². The van der Waals surface area contributed by atoms with E-state index in [2.05, 4.69) is 10.3 Å². The average Bonchev–Trinajstić information content (AvgIpc) is 2.90. The maximum Gasteiger partial charge on any atom is 0.252 e. The Balaban J connectivity index is 2.10. The summed E-state index contributed by atoms with van der Waals surface area (Å²) in [5, 5.41) is 4.84. The molecule has 0 spiro atoms. The van der Waals surface area contributed by atoms with Crippen LogP contribution in [0.1, 0.15) is 23.7 Å². The second kappa shape index (κ2) is 5.59. The largest absolute Gasteiger partial charge is 0.352 e. The van der Waals surface area contributed by atoms with Gasteiger partial charge in [-0.3, -0.25) is 9.78 Å². The molecular weight excluding hydrogens is 232 g/mol. The van der Waals surface area contributed by atoms with Crippen molar-refractivity contribution in [3.63, 3.8) is 0 Å². The molecule has 0 bridgehead atoms. The standard InChI is InChI=1S/C13H14N2OS/c1-2-7-14-13(16)10-5-6-11(15-9-10)12-4-3-8-17-12/h3-6,8-9H,2,7H2,1H3,(H,14,16). The molecule has 3 nitrogen and oxygen atoms in total. The smallest absolute Gasteiger partial charge is 0.252 e. The lowest BCUT2D eigenvalue weighted by Gasteiger charge is -2.03. The van der Waals surface area contributed by atoms with Gasteiger partial charge in [-0.15, -0.1) is 11.3 Å². The number of amides is 1. The number of nitrogens with one attached hydrogen (secondary N) is 1. The Kier molecular flexibility index (Phi) is 3.88. The van der Waals surface area contributed by atoms with Gasteiger partial charge >= 0.3 is 0 Å². The molecule has 0 radical (unpaired) electrons. The van der Waals surface area contributed by atoms with Crippen LogP contribution in [-0.2, 0) is 0 Å². The van der Waals surface area contributed by atoms with E-state index in [9.17, 15) is 4.79 Å². The van der Waals surface area contributed by atoms with Gasteiger partial charge < -0.3 is 5.32 Å². The number of aromatic nitrogens is 1. The molecule has 0 saturated heterocycles. The summed E-state index contributed by atoms with van der Waals surface area (Å²) in [5.41, 5.74) is 1.52. The van der Waals surface area contributed by atoms with Crippen LogP contribution in [0.4, 0.5) is 0 Å². The lowest BCUT2D eigenvalue weighted by Crippen LogP contribution is -2.23. The number of nitrogens with zero attached hydrogens (tertiary/aromatic N) is 1. The summed E-state index contributed by atoms with van der Waals surface area (Å²) >= 11 is 1.64. The van der Waals surface area contributed by atoms with Gasteiger partial charge in [0, 0.05) is 12.7 Å². The van der Waals surface area contributed by atoms with Gasteiger partial charge in [-0.1, -0.05) is 13.0 Å². The van der Waals surface area contributed by atoms with Crippen LogP contribution in [0.15, 0.2) is 35.8 Å². The van der Waals surface area contributed by atoms with Crippen molar-refractivity contribution in [3.05, 3.63) is 41.4 Å². The lowest BCUT2D eigenvalue weighted by molar-refractivity contribution is 0.0953. The van der Waals surface area contributed by atoms with E-state index in [1.807, 2.05) is 36.6 Å². The van der Waals surface area contributed by atoms with Crippen LogP contribution in [-0.4, -0.2) is 17.4 Å². The molecule has 2 rings (SSSR count). The Morgan fingerprint density at radius 2 is 2.29 bits per heavy atom. The predicted octanol–water partition coefficient (Wildman–Crippen LogP) is 2.95. The van der Waals surface area contributed by atoms with E-state index in [-0.39, 0.29) is 5.91 Å². The molecule has 1 N–H and O–H groups in total. The van der Waals surface area contributed by atoms with Crippen LogP contribution in [0.25, 0.3) is 10.6 Å². The fourth-order valence-electron chi connectivity index (χ4n) is 1.44. The fraction of sp³-hybridized carbons (Fsp3) is 0.231. The van der Waals surface area contributed by atoms with Crippen LogP contribution in [0.3, 0.4) is 0 Å². The van der Waals surface area contributed by atoms with Gasteiger partial charge in [0.2, 0.25) is 0 Å². The highest BCUT2D eigenvalue weighted by atomic mass is 32.1. The molecule has 0 aliphatic carbocycles. The van der Waals surface area contributed by atoms with Gasteiger partial charge in [0.15, 0.2) is 0 Å². The summed E-state index contributed by atoms with van der Waals surface area (Å²) in [6, 6.07) is 7.70. The van der Waals surface area contributed by atoms with E-state index in [1.54, 1.807) is 17.5 Å². The SMILES string of the molecule is CCCNC(=O)c1ccc(-c2cccs2)nc1. The van der Waals surface area contributed by atoms with Gasteiger partial charge in [0.1, 0.15) is 0 Å². The Labute approximate surface area is 105 Å². The number of hydrogen-bond acceptors (Lipinski definition) is 3. The van der Waals surface area contributed by atoms with Crippen molar-refractivity contribution in [1.29, 1.82) is 0 Å². The fourth-order valence-corrected chi connectivity index (χ4v) is 2.14. The zero-order valence-electron chi connectivity index (χ0n) is 9.64. The van der Waals surface area contributed by atoms with E-state index in [4.69, 9.17) is 0 Å². The number of thiophene rings is 1. The zero-order chi connectivity index (χ0) is 12.1. The first-order chi connectivity index (χ1) is 8.31. The quantitative estimate of drug-likeness (QED) is 0.901. The minimum absolute atomic E-state index is 0.0583. The molecule has 0 fully saturated rings. The molecule has 0 aromatic carbocycles. The number of rotatable bonds is 4. The summed E-state index contributed by atoms with van der Waals surface area (Å²) in [6.07, 6.45) is 2.56. The molecule has 1 amide bonds. The second-order valence-electron chi connectivity index (χ2n) is 3.67. The second-order valence-corrected chi connectivity index (χ2v) is 4.61. The van der Waals surface area contributed by atoms with Gasteiger partial charge in [0.25, 0.3) is 5.91 Å². The highest BCUT2D eigenvalue weighted by molar-refractivity contribution is 7.13. The van der Waals surface area contributed by atoms with Crippen LogP contribution in [0.5, 0.6) is 0 Å². The summed E-state index contributed by atoms with van der Waals surface area (Å²) in [6.45, 7) is 2.73. The normalized spacial score (nSPS) is 10.2. The number of pyridine rings is 1. The third-order valence-corrected chi connectivity index (χ3v) is 3.23. The van der Waals surface area contributed by atoms with E-state index in [1.165, 1.54) is 0 Å². The molecule has 2 aromatic rings.